The number of aryl methyl sites for hydroxylation is 1. The third-order valence-corrected chi connectivity index (χ3v) is 2.89. The van der Waals surface area contributed by atoms with E-state index in [4.69, 9.17) is 9.47 Å². The quantitative estimate of drug-likeness (QED) is 0.474. The van der Waals surface area contributed by atoms with Crippen molar-refractivity contribution >= 4 is 18.0 Å². The van der Waals surface area contributed by atoms with Gasteiger partial charge in [0.1, 0.15) is 11.3 Å². The normalized spacial score (nSPS) is 17.4. The van der Waals surface area contributed by atoms with E-state index in [-0.39, 0.29) is 5.57 Å². The SMILES string of the molecule is Cc1cc(OC(F)(F)F)ccc1C=C1C(=O)OC(C)(C)OC1=O. The summed E-state index contributed by atoms with van der Waals surface area (Å²) in [6, 6.07) is 3.52. The van der Waals surface area contributed by atoms with Crippen LogP contribution in [0.1, 0.15) is 25.0 Å². The summed E-state index contributed by atoms with van der Waals surface area (Å²) in [7, 11) is 0. The van der Waals surface area contributed by atoms with Gasteiger partial charge in [0.05, 0.1) is 0 Å². The van der Waals surface area contributed by atoms with Gasteiger partial charge >= 0.3 is 18.3 Å². The predicted molar refractivity (Wildman–Crippen MR) is 72.1 cm³/mol. The van der Waals surface area contributed by atoms with E-state index in [1.54, 1.807) is 0 Å². The van der Waals surface area contributed by atoms with Crippen LogP contribution >= 0.6 is 0 Å². The molecule has 0 atom stereocenters. The molecule has 0 spiro atoms. The highest BCUT2D eigenvalue weighted by Gasteiger charge is 2.39. The Morgan fingerprint density at radius 3 is 2.17 bits per heavy atom. The number of alkyl halides is 3. The molecule has 1 aliphatic heterocycles. The lowest BCUT2D eigenvalue weighted by molar-refractivity contribution is -0.274. The zero-order valence-electron chi connectivity index (χ0n) is 12.5. The lowest BCUT2D eigenvalue weighted by Crippen LogP contribution is -2.41. The molecule has 0 aromatic heterocycles. The molecule has 1 aliphatic rings. The molecule has 8 heteroatoms. The van der Waals surface area contributed by atoms with Gasteiger partial charge in [0.2, 0.25) is 0 Å². The smallest absolute Gasteiger partial charge is 0.419 e. The topological polar surface area (TPSA) is 61.8 Å². The fraction of sp³-hybridized carbons (Fsp3) is 0.333. The first-order chi connectivity index (χ1) is 10.5. The van der Waals surface area contributed by atoms with E-state index in [1.807, 2.05) is 0 Å². The van der Waals surface area contributed by atoms with Crippen LogP contribution < -0.4 is 4.74 Å². The zero-order valence-corrected chi connectivity index (χ0v) is 12.5. The van der Waals surface area contributed by atoms with Crippen LogP contribution in [0.25, 0.3) is 6.08 Å². The second-order valence-electron chi connectivity index (χ2n) is 5.30. The Hall–Kier alpha value is -2.51. The molecule has 0 unspecified atom stereocenters. The molecule has 1 fully saturated rings. The molecular formula is C15H13F3O5. The molecule has 0 amide bonds. The number of benzene rings is 1. The van der Waals surface area contributed by atoms with Crippen molar-refractivity contribution in [3.8, 4) is 5.75 Å². The van der Waals surface area contributed by atoms with Crippen molar-refractivity contribution < 1.29 is 37.0 Å². The summed E-state index contributed by atoms with van der Waals surface area (Å²) in [6.45, 7) is 4.33. The van der Waals surface area contributed by atoms with Crippen molar-refractivity contribution in [2.45, 2.75) is 32.9 Å². The number of esters is 2. The van der Waals surface area contributed by atoms with Gasteiger partial charge in [-0.1, -0.05) is 6.07 Å². The van der Waals surface area contributed by atoms with Gasteiger partial charge in [-0.15, -0.1) is 13.2 Å². The number of hydrogen-bond acceptors (Lipinski definition) is 5. The zero-order chi connectivity index (χ0) is 17.4. The first-order valence-electron chi connectivity index (χ1n) is 6.52. The summed E-state index contributed by atoms with van der Waals surface area (Å²) < 4.78 is 50.2. The van der Waals surface area contributed by atoms with E-state index in [0.29, 0.717) is 11.1 Å². The molecule has 1 aromatic carbocycles. The third-order valence-electron chi connectivity index (χ3n) is 2.89. The molecule has 0 N–H and O–H groups in total. The predicted octanol–water partition coefficient (Wildman–Crippen LogP) is 3.11. The average molecular weight is 330 g/mol. The van der Waals surface area contributed by atoms with Crippen molar-refractivity contribution in [3.05, 3.63) is 34.9 Å². The van der Waals surface area contributed by atoms with Gasteiger partial charge in [-0.3, -0.25) is 0 Å². The Morgan fingerprint density at radius 1 is 1.13 bits per heavy atom. The van der Waals surface area contributed by atoms with E-state index in [0.717, 1.165) is 12.1 Å². The van der Waals surface area contributed by atoms with Gasteiger partial charge in [0.25, 0.3) is 5.79 Å². The second-order valence-corrected chi connectivity index (χ2v) is 5.30. The van der Waals surface area contributed by atoms with Crippen molar-refractivity contribution in [1.29, 1.82) is 0 Å². The number of carbonyl (C=O) groups is 2. The standard InChI is InChI=1S/C15H13F3O5/c1-8-6-10(21-15(16,17)18)5-4-9(8)7-11-12(19)22-14(2,3)23-13(11)20/h4-7H,1-3H3. The molecule has 23 heavy (non-hydrogen) atoms. The van der Waals surface area contributed by atoms with Gasteiger partial charge < -0.3 is 14.2 Å². The summed E-state index contributed by atoms with van der Waals surface area (Å²) >= 11 is 0. The van der Waals surface area contributed by atoms with Gasteiger partial charge in [0, 0.05) is 13.8 Å². The average Bonchev–Trinajstić information content (AvgIpc) is 2.32. The molecule has 0 saturated carbocycles. The first-order valence-corrected chi connectivity index (χ1v) is 6.52. The van der Waals surface area contributed by atoms with Gasteiger partial charge in [0.15, 0.2) is 0 Å². The molecule has 2 rings (SSSR count). The molecule has 5 nitrogen and oxygen atoms in total. The lowest BCUT2D eigenvalue weighted by Gasteiger charge is -2.29. The van der Waals surface area contributed by atoms with E-state index in [2.05, 4.69) is 4.74 Å². The van der Waals surface area contributed by atoms with E-state index in [9.17, 15) is 22.8 Å². The van der Waals surface area contributed by atoms with Crippen LogP contribution in [0.3, 0.4) is 0 Å². The maximum absolute atomic E-state index is 12.2. The second kappa shape index (κ2) is 5.60. The lowest BCUT2D eigenvalue weighted by atomic mass is 10.0. The minimum atomic E-state index is -4.80. The van der Waals surface area contributed by atoms with Gasteiger partial charge in [-0.2, -0.15) is 0 Å². The first kappa shape index (κ1) is 16.9. The summed E-state index contributed by atoms with van der Waals surface area (Å²) in [4.78, 5) is 23.7. The summed E-state index contributed by atoms with van der Waals surface area (Å²) in [6.07, 6.45) is -3.60. The van der Waals surface area contributed by atoms with Crippen molar-refractivity contribution in [1.82, 2.24) is 0 Å². The van der Waals surface area contributed by atoms with Crippen LogP contribution in [-0.2, 0) is 19.1 Å². The molecule has 0 aliphatic carbocycles. The Morgan fingerprint density at radius 2 is 1.70 bits per heavy atom. The number of hydrogen-bond donors (Lipinski definition) is 0. The molecular weight excluding hydrogens is 317 g/mol. The van der Waals surface area contributed by atoms with E-state index >= 15 is 0 Å². The largest absolute Gasteiger partial charge is 0.573 e. The van der Waals surface area contributed by atoms with Crippen LogP contribution in [0.15, 0.2) is 23.8 Å². The van der Waals surface area contributed by atoms with Crippen LogP contribution in [0.5, 0.6) is 5.75 Å². The van der Waals surface area contributed by atoms with Crippen LogP contribution in [0.4, 0.5) is 13.2 Å². The van der Waals surface area contributed by atoms with Crippen molar-refractivity contribution in [3.63, 3.8) is 0 Å². The molecule has 1 aromatic rings. The maximum atomic E-state index is 12.2. The monoisotopic (exact) mass is 330 g/mol. The van der Waals surface area contributed by atoms with Crippen LogP contribution in [-0.4, -0.2) is 24.1 Å². The van der Waals surface area contributed by atoms with Crippen molar-refractivity contribution in [2.24, 2.45) is 0 Å². The Kier molecular flexibility index (Phi) is 4.10. The summed E-state index contributed by atoms with van der Waals surface area (Å²) in [5, 5.41) is 0. The maximum Gasteiger partial charge on any atom is 0.573 e. The minimum absolute atomic E-state index is 0.336. The Bertz CT molecular complexity index is 667. The number of cyclic esters (lactones) is 2. The highest BCUT2D eigenvalue weighted by molar-refractivity contribution is 6.18. The third kappa shape index (κ3) is 4.24. The van der Waals surface area contributed by atoms with Gasteiger partial charge in [-0.05, 0) is 36.3 Å². The van der Waals surface area contributed by atoms with E-state index in [1.165, 1.54) is 32.9 Å². The highest BCUT2D eigenvalue weighted by atomic mass is 19.4. The Labute approximate surface area is 129 Å². The number of ether oxygens (including phenoxy) is 3. The van der Waals surface area contributed by atoms with Crippen molar-refractivity contribution in [2.75, 3.05) is 0 Å². The number of halogens is 3. The van der Waals surface area contributed by atoms with E-state index < -0.39 is 29.8 Å². The molecule has 1 heterocycles. The summed E-state index contributed by atoms with van der Waals surface area (Å²) in [5.41, 5.74) is 0.407. The number of rotatable bonds is 2. The molecule has 1 saturated heterocycles. The van der Waals surface area contributed by atoms with Crippen LogP contribution in [0.2, 0.25) is 0 Å². The highest BCUT2D eigenvalue weighted by Crippen LogP contribution is 2.28. The fourth-order valence-electron chi connectivity index (χ4n) is 1.94. The minimum Gasteiger partial charge on any atom is -0.419 e. The molecule has 0 radical (unpaired) electrons. The van der Waals surface area contributed by atoms with Crippen LogP contribution in [0, 0.1) is 6.92 Å². The molecule has 124 valence electrons. The van der Waals surface area contributed by atoms with Gasteiger partial charge in [-0.25, -0.2) is 9.59 Å². The fourth-order valence-corrected chi connectivity index (χ4v) is 1.94. The molecule has 0 bridgehead atoms. The summed E-state index contributed by atoms with van der Waals surface area (Å²) in [5.74, 6) is -3.47. The number of carbonyl (C=O) groups excluding carboxylic acids is 2. The Balaban J connectivity index is 2.29.